The molecule has 2 unspecified atom stereocenters. The van der Waals surface area contributed by atoms with E-state index < -0.39 is 0 Å². The molecule has 5 nitrogen and oxygen atoms in total. The van der Waals surface area contributed by atoms with Gasteiger partial charge in [-0.2, -0.15) is 0 Å². The first kappa shape index (κ1) is 16.5. The number of pyridine rings is 1. The fourth-order valence-electron chi connectivity index (χ4n) is 3.18. The van der Waals surface area contributed by atoms with Gasteiger partial charge in [0.1, 0.15) is 5.82 Å². The Morgan fingerprint density at radius 2 is 2.17 bits per heavy atom. The average Bonchev–Trinajstić information content (AvgIpc) is 3.04. The van der Waals surface area contributed by atoms with Crippen LogP contribution < -0.4 is 15.5 Å². The van der Waals surface area contributed by atoms with Crippen LogP contribution in [0.3, 0.4) is 0 Å². The Balaban J connectivity index is 1.59. The zero-order chi connectivity index (χ0) is 16.9. The molecule has 2 atom stereocenters. The number of aromatic nitrogens is 1. The molecule has 1 aliphatic rings. The molecule has 126 valence electrons. The van der Waals surface area contributed by atoms with Gasteiger partial charge in [-0.25, -0.2) is 4.98 Å². The van der Waals surface area contributed by atoms with Crippen LogP contribution in [0.5, 0.6) is 0 Å². The van der Waals surface area contributed by atoms with Crippen LogP contribution in [0.25, 0.3) is 0 Å². The number of carbonyl (C=O) groups excluding carboxylic acids is 1. The van der Waals surface area contributed by atoms with E-state index >= 15 is 0 Å². The average molecular weight is 324 g/mol. The molecule has 0 aliphatic carbocycles. The monoisotopic (exact) mass is 324 g/mol. The van der Waals surface area contributed by atoms with Crippen molar-refractivity contribution in [1.29, 1.82) is 0 Å². The first-order valence-electron chi connectivity index (χ1n) is 8.41. The molecule has 0 bridgehead atoms. The molecule has 24 heavy (non-hydrogen) atoms. The minimum absolute atomic E-state index is 0.0467. The number of anilines is 2. The van der Waals surface area contributed by atoms with E-state index in [1.807, 2.05) is 36.5 Å². The van der Waals surface area contributed by atoms with Crippen molar-refractivity contribution in [3.8, 4) is 0 Å². The third-order valence-electron chi connectivity index (χ3n) is 4.35. The van der Waals surface area contributed by atoms with E-state index in [0.717, 1.165) is 31.0 Å². The predicted molar refractivity (Wildman–Crippen MR) is 97.2 cm³/mol. The Labute approximate surface area is 143 Å². The van der Waals surface area contributed by atoms with Gasteiger partial charge >= 0.3 is 0 Å². The van der Waals surface area contributed by atoms with Gasteiger partial charge in [-0.3, -0.25) is 4.79 Å². The number of hydrogen-bond acceptors (Lipinski definition) is 4. The minimum Gasteiger partial charge on any atom is -0.355 e. The summed E-state index contributed by atoms with van der Waals surface area (Å²) in [6, 6.07) is 14.7. The lowest BCUT2D eigenvalue weighted by Gasteiger charge is -2.21. The summed E-state index contributed by atoms with van der Waals surface area (Å²) in [6.45, 7) is 5.68. The Morgan fingerprint density at radius 3 is 2.92 bits per heavy atom. The summed E-state index contributed by atoms with van der Waals surface area (Å²) in [6.07, 6.45) is 2.94. The molecule has 3 rings (SSSR count). The molecule has 2 heterocycles. The lowest BCUT2D eigenvalue weighted by Crippen LogP contribution is -2.34. The number of nitrogens with zero attached hydrogens (tertiary/aromatic N) is 2. The van der Waals surface area contributed by atoms with Gasteiger partial charge in [-0.05, 0) is 43.2 Å². The summed E-state index contributed by atoms with van der Waals surface area (Å²) in [5.41, 5.74) is 2.02. The van der Waals surface area contributed by atoms with Crippen LogP contribution >= 0.6 is 0 Å². The molecule has 5 heteroatoms. The highest BCUT2D eigenvalue weighted by Gasteiger charge is 2.24. The quantitative estimate of drug-likeness (QED) is 0.888. The normalized spacial score (nSPS) is 18.4. The van der Waals surface area contributed by atoms with Gasteiger partial charge in [0, 0.05) is 44.0 Å². The van der Waals surface area contributed by atoms with Gasteiger partial charge in [-0.1, -0.05) is 18.2 Å². The molecule has 0 spiro atoms. The number of hydrogen-bond donors (Lipinski definition) is 2. The second kappa shape index (κ2) is 7.45. The lowest BCUT2D eigenvalue weighted by atomic mass is 10.1. The van der Waals surface area contributed by atoms with E-state index in [9.17, 15) is 4.79 Å². The molecule has 1 aliphatic heterocycles. The molecule has 1 amide bonds. The summed E-state index contributed by atoms with van der Waals surface area (Å²) in [5.74, 6) is 0.997. The molecule has 1 saturated heterocycles. The van der Waals surface area contributed by atoms with Crippen LogP contribution in [0, 0.1) is 0 Å². The van der Waals surface area contributed by atoms with Gasteiger partial charge in [0.05, 0.1) is 0 Å². The summed E-state index contributed by atoms with van der Waals surface area (Å²) in [4.78, 5) is 18.0. The summed E-state index contributed by atoms with van der Waals surface area (Å²) < 4.78 is 0. The second-order valence-electron chi connectivity index (χ2n) is 6.31. The third kappa shape index (κ3) is 4.11. The van der Waals surface area contributed by atoms with E-state index in [1.54, 1.807) is 0 Å². The van der Waals surface area contributed by atoms with E-state index in [0.29, 0.717) is 6.04 Å². The Kier molecular flexibility index (Phi) is 5.11. The van der Waals surface area contributed by atoms with Crippen molar-refractivity contribution < 1.29 is 4.79 Å². The molecule has 1 aromatic carbocycles. The topological polar surface area (TPSA) is 57.3 Å². The summed E-state index contributed by atoms with van der Waals surface area (Å²) >= 11 is 0. The maximum atomic E-state index is 11.2. The van der Waals surface area contributed by atoms with Crippen molar-refractivity contribution in [2.75, 3.05) is 23.3 Å². The molecule has 1 fully saturated rings. The van der Waals surface area contributed by atoms with E-state index in [2.05, 4.69) is 39.6 Å². The second-order valence-corrected chi connectivity index (χ2v) is 6.31. The van der Waals surface area contributed by atoms with Crippen molar-refractivity contribution >= 4 is 17.4 Å². The smallest absolute Gasteiger partial charge is 0.221 e. The molecule has 0 radical (unpaired) electrons. The SMILES string of the molecule is CC(=O)Nc1cccc(C(C)NC2CCN(c3ccccn3)C2)c1. The van der Waals surface area contributed by atoms with Gasteiger partial charge in [0.2, 0.25) is 5.91 Å². The molecule has 1 aromatic heterocycles. The van der Waals surface area contributed by atoms with Crippen LogP contribution in [0.2, 0.25) is 0 Å². The number of amides is 1. The highest BCUT2D eigenvalue weighted by Crippen LogP contribution is 2.22. The summed E-state index contributed by atoms with van der Waals surface area (Å²) in [7, 11) is 0. The number of benzene rings is 1. The van der Waals surface area contributed by atoms with Gasteiger partial charge in [0.15, 0.2) is 0 Å². The number of rotatable bonds is 5. The molecule has 2 N–H and O–H groups in total. The van der Waals surface area contributed by atoms with Crippen molar-refractivity contribution in [3.63, 3.8) is 0 Å². The highest BCUT2D eigenvalue weighted by atomic mass is 16.1. The zero-order valence-corrected chi connectivity index (χ0v) is 14.2. The Hall–Kier alpha value is -2.40. The van der Waals surface area contributed by atoms with Crippen molar-refractivity contribution in [3.05, 3.63) is 54.2 Å². The van der Waals surface area contributed by atoms with E-state index in [-0.39, 0.29) is 11.9 Å². The number of carbonyl (C=O) groups is 1. The Bertz CT molecular complexity index is 689. The molecular formula is C19H24N4O. The first-order chi connectivity index (χ1) is 11.6. The fourth-order valence-corrected chi connectivity index (χ4v) is 3.18. The maximum absolute atomic E-state index is 11.2. The van der Waals surface area contributed by atoms with Crippen molar-refractivity contribution in [1.82, 2.24) is 10.3 Å². The minimum atomic E-state index is -0.0467. The van der Waals surface area contributed by atoms with Crippen LogP contribution in [0.4, 0.5) is 11.5 Å². The van der Waals surface area contributed by atoms with Gasteiger partial charge in [0.25, 0.3) is 0 Å². The largest absolute Gasteiger partial charge is 0.355 e. The molecular weight excluding hydrogens is 300 g/mol. The standard InChI is InChI=1S/C19H24N4O/c1-14(16-6-5-7-17(12-16)22-15(2)24)21-18-9-11-23(13-18)19-8-3-4-10-20-19/h3-8,10,12,14,18,21H,9,11,13H2,1-2H3,(H,22,24). The molecule has 0 saturated carbocycles. The number of nitrogens with one attached hydrogen (secondary N) is 2. The lowest BCUT2D eigenvalue weighted by molar-refractivity contribution is -0.114. The fraction of sp³-hybridized carbons (Fsp3) is 0.368. The first-order valence-corrected chi connectivity index (χ1v) is 8.41. The van der Waals surface area contributed by atoms with Crippen molar-refractivity contribution in [2.24, 2.45) is 0 Å². The van der Waals surface area contributed by atoms with Crippen LogP contribution in [-0.4, -0.2) is 30.0 Å². The van der Waals surface area contributed by atoms with Gasteiger partial charge in [-0.15, -0.1) is 0 Å². The van der Waals surface area contributed by atoms with Crippen LogP contribution in [0.15, 0.2) is 48.7 Å². The van der Waals surface area contributed by atoms with E-state index in [1.165, 1.54) is 12.5 Å². The van der Waals surface area contributed by atoms with Crippen molar-refractivity contribution in [2.45, 2.75) is 32.4 Å². The Morgan fingerprint density at radius 1 is 1.29 bits per heavy atom. The maximum Gasteiger partial charge on any atom is 0.221 e. The van der Waals surface area contributed by atoms with E-state index in [4.69, 9.17) is 0 Å². The molecule has 2 aromatic rings. The van der Waals surface area contributed by atoms with Crippen LogP contribution in [-0.2, 0) is 4.79 Å². The zero-order valence-electron chi connectivity index (χ0n) is 14.2. The van der Waals surface area contributed by atoms with Gasteiger partial charge < -0.3 is 15.5 Å². The highest BCUT2D eigenvalue weighted by molar-refractivity contribution is 5.88. The summed E-state index contributed by atoms with van der Waals surface area (Å²) in [5, 5.41) is 6.53. The predicted octanol–water partition coefficient (Wildman–Crippen LogP) is 2.97. The van der Waals surface area contributed by atoms with Crippen LogP contribution in [0.1, 0.15) is 31.9 Å². The third-order valence-corrected chi connectivity index (χ3v) is 4.35.